The fourth-order valence-corrected chi connectivity index (χ4v) is 3.38. The molecule has 2 aromatic rings. The van der Waals surface area contributed by atoms with Crippen LogP contribution in [0.1, 0.15) is 22.8 Å². The van der Waals surface area contributed by atoms with Gasteiger partial charge in [-0.3, -0.25) is 9.10 Å². The molecule has 0 bridgehead atoms. The van der Waals surface area contributed by atoms with Crippen LogP contribution in [-0.2, 0) is 25.7 Å². The van der Waals surface area contributed by atoms with Crippen LogP contribution in [0.3, 0.4) is 0 Å². The van der Waals surface area contributed by atoms with E-state index in [1.807, 2.05) is 0 Å². The van der Waals surface area contributed by atoms with Gasteiger partial charge in [0.2, 0.25) is 15.9 Å². The first kappa shape index (κ1) is 23.2. The summed E-state index contributed by atoms with van der Waals surface area (Å²) >= 11 is 0. The van der Waals surface area contributed by atoms with Crippen molar-refractivity contribution in [3.05, 3.63) is 59.7 Å². The highest BCUT2D eigenvalue weighted by Crippen LogP contribution is 2.32. The van der Waals surface area contributed by atoms with E-state index in [2.05, 4.69) is 5.32 Å². The van der Waals surface area contributed by atoms with E-state index in [4.69, 9.17) is 4.74 Å². The van der Waals surface area contributed by atoms with Crippen LogP contribution in [0.15, 0.2) is 48.5 Å². The molecule has 0 fully saturated rings. The number of para-hydroxylation sites is 1. The number of anilines is 2. The summed E-state index contributed by atoms with van der Waals surface area (Å²) in [7, 11) is -4.09. The van der Waals surface area contributed by atoms with Crippen molar-refractivity contribution in [2.24, 2.45) is 0 Å². The molecular weight excluding hydrogens is 425 g/mol. The van der Waals surface area contributed by atoms with Crippen molar-refractivity contribution >= 4 is 33.3 Å². The molecule has 0 heterocycles. The number of alkyl halides is 3. The van der Waals surface area contributed by atoms with E-state index in [-0.39, 0.29) is 23.5 Å². The average Bonchev–Trinajstić information content (AvgIpc) is 2.65. The molecule has 0 aromatic heterocycles. The van der Waals surface area contributed by atoms with Gasteiger partial charge < -0.3 is 10.1 Å². The minimum absolute atomic E-state index is 0.0534. The molecule has 162 valence electrons. The van der Waals surface area contributed by atoms with Crippen LogP contribution in [0, 0.1) is 0 Å². The maximum absolute atomic E-state index is 13.0. The van der Waals surface area contributed by atoms with Gasteiger partial charge in [0.25, 0.3) is 0 Å². The third kappa shape index (κ3) is 5.96. The number of amides is 1. The maximum Gasteiger partial charge on any atom is 0.416 e. The van der Waals surface area contributed by atoms with E-state index < -0.39 is 40.2 Å². The summed E-state index contributed by atoms with van der Waals surface area (Å²) in [6.45, 7) is 0.925. The first-order valence-electron chi connectivity index (χ1n) is 8.64. The summed E-state index contributed by atoms with van der Waals surface area (Å²) in [6.07, 6.45) is -3.91. The summed E-state index contributed by atoms with van der Waals surface area (Å²) in [5.74, 6) is -1.54. The second-order valence-electron chi connectivity index (χ2n) is 6.13. The molecule has 0 atom stereocenters. The lowest BCUT2D eigenvalue weighted by Gasteiger charge is -2.23. The number of hydrogen-bond donors (Lipinski definition) is 1. The van der Waals surface area contributed by atoms with Gasteiger partial charge in [-0.15, -0.1) is 0 Å². The van der Waals surface area contributed by atoms with Crippen molar-refractivity contribution < 1.29 is 35.9 Å². The Kier molecular flexibility index (Phi) is 7.08. The van der Waals surface area contributed by atoms with Gasteiger partial charge >= 0.3 is 12.1 Å². The van der Waals surface area contributed by atoms with E-state index in [9.17, 15) is 31.2 Å². The highest BCUT2D eigenvalue weighted by molar-refractivity contribution is 7.92. The molecule has 2 rings (SSSR count). The first-order chi connectivity index (χ1) is 13.9. The van der Waals surface area contributed by atoms with Crippen molar-refractivity contribution in [1.82, 2.24) is 0 Å². The highest BCUT2D eigenvalue weighted by Gasteiger charge is 2.32. The standard InChI is InChI=1S/C19H19F3N2O5S/c1-3-29-18(26)15-9-4-5-10-16(15)23-17(25)12-24(30(2,27)28)14-8-6-7-13(11-14)19(20,21)22/h4-11H,3,12H2,1-2H3,(H,23,25). The van der Waals surface area contributed by atoms with Gasteiger partial charge in [-0.05, 0) is 37.3 Å². The average molecular weight is 444 g/mol. The highest BCUT2D eigenvalue weighted by atomic mass is 32.2. The van der Waals surface area contributed by atoms with Crippen molar-refractivity contribution in [2.45, 2.75) is 13.1 Å². The summed E-state index contributed by atoms with van der Waals surface area (Å²) < 4.78 is 68.6. The Labute approximate surface area is 171 Å². The van der Waals surface area contributed by atoms with Crippen LogP contribution in [0.4, 0.5) is 24.5 Å². The number of halogens is 3. The predicted octanol–water partition coefficient (Wildman–Crippen LogP) is 3.29. The normalized spacial score (nSPS) is 11.6. The lowest BCUT2D eigenvalue weighted by Crippen LogP contribution is -2.37. The molecule has 0 saturated heterocycles. The number of esters is 1. The first-order valence-corrected chi connectivity index (χ1v) is 10.5. The van der Waals surface area contributed by atoms with E-state index in [0.29, 0.717) is 10.4 Å². The van der Waals surface area contributed by atoms with Gasteiger partial charge in [0, 0.05) is 0 Å². The molecule has 0 unspecified atom stereocenters. The fraction of sp³-hybridized carbons (Fsp3) is 0.263. The number of carbonyl (C=O) groups is 2. The Morgan fingerprint density at radius 2 is 1.77 bits per heavy atom. The van der Waals surface area contributed by atoms with E-state index >= 15 is 0 Å². The molecule has 0 aliphatic heterocycles. The second kappa shape index (κ2) is 9.16. The molecule has 2 aromatic carbocycles. The summed E-state index contributed by atoms with van der Waals surface area (Å²) in [5, 5.41) is 2.40. The molecule has 0 radical (unpaired) electrons. The number of nitrogens with one attached hydrogen (secondary N) is 1. The largest absolute Gasteiger partial charge is 0.462 e. The second-order valence-corrected chi connectivity index (χ2v) is 8.04. The Morgan fingerprint density at radius 3 is 2.37 bits per heavy atom. The minimum atomic E-state index is -4.68. The summed E-state index contributed by atoms with van der Waals surface area (Å²) in [4.78, 5) is 24.5. The van der Waals surface area contributed by atoms with Crippen molar-refractivity contribution in [3.63, 3.8) is 0 Å². The Hall–Kier alpha value is -3.08. The lowest BCUT2D eigenvalue weighted by molar-refractivity contribution is -0.137. The van der Waals surface area contributed by atoms with Gasteiger partial charge in [-0.25, -0.2) is 13.2 Å². The molecule has 1 amide bonds. The van der Waals surface area contributed by atoms with Crippen LogP contribution in [-0.4, -0.2) is 39.7 Å². The van der Waals surface area contributed by atoms with Gasteiger partial charge in [0.05, 0.1) is 35.4 Å². The van der Waals surface area contributed by atoms with Crippen molar-refractivity contribution in [1.29, 1.82) is 0 Å². The Balaban J connectivity index is 2.30. The Morgan fingerprint density at radius 1 is 1.10 bits per heavy atom. The van der Waals surface area contributed by atoms with Crippen LogP contribution in [0.5, 0.6) is 0 Å². The molecule has 1 N–H and O–H groups in total. The van der Waals surface area contributed by atoms with Crippen molar-refractivity contribution in [3.8, 4) is 0 Å². The van der Waals surface area contributed by atoms with Gasteiger partial charge in [0.1, 0.15) is 6.54 Å². The third-order valence-corrected chi connectivity index (χ3v) is 4.99. The number of carbonyl (C=O) groups excluding carboxylic acids is 2. The third-order valence-electron chi connectivity index (χ3n) is 3.85. The quantitative estimate of drug-likeness (QED) is 0.662. The number of benzene rings is 2. The predicted molar refractivity (Wildman–Crippen MR) is 105 cm³/mol. The van der Waals surface area contributed by atoms with Gasteiger partial charge in [-0.2, -0.15) is 13.2 Å². The van der Waals surface area contributed by atoms with E-state index in [0.717, 1.165) is 24.5 Å². The molecule has 0 saturated carbocycles. The lowest BCUT2D eigenvalue weighted by atomic mass is 10.1. The monoisotopic (exact) mass is 444 g/mol. The van der Waals surface area contributed by atoms with Crippen LogP contribution in [0.2, 0.25) is 0 Å². The fourth-order valence-electron chi connectivity index (χ4n) is 2.54. The van der Waals surface area contributed by atoms with Gasteiger partial charge in [-0.1, -0.05) is 18.2 Å². The van der Waals surface area contributed by atoms with Crippen LogP contribution >= 0.6 is 0 Å². The van der Waals surface area contributed by atoms with Gasteiger partial charge in [0.15, 0.2) is 0 Å². The summed E-state index contributed by atoms with van der Waals surface area (Å²) in [6, 6.07) is 9.54. The van der Waals surface area contributed by atoms with Crippen LogP contribution < -0.4 is 9.62 Å². The topological polar surface area (TPSA) is 92.8 Å². The number of ether oxygens (including phenoxy) is 1. The number of nitrogens with zero attached hydrogens (tertiary/aromatic N) is 1. The Bertz CT molecular complexity index is 1040. The molecule has 0 aliphatic carbocycles. The zero-order chi connectivity index (χ0) is 22.5. The summed E-state index contributed by atoms with van der Waals surface area (Å²) in [5.41, 5.74) is -1.24. The maximum atomic E-state index is 13.0. The zero-order valence-electron chi connectivity index (χ0n) is 16.1. The number of hydrogen-bond acceptors (Lipinski definition) is 5. The smallest absolute Gasteiger partial charge is 0.416 e. The van der Waals surface area contributed by atoms with E-state index in [1.165, 1.54) is 12.1 Å². The van der Waals surface area contributed by atoms with Crippen LogP contribution in [0.25, 0.3) is 0 Å². The SMILES string of the molecule is CCOC(=O)c1ccccc1NC(=O)CN(c1cccc(C(F)(F)F)c1)S(C)(=O)=O. The zero-order valence-corrected chi connectivity index (χ0v) is 16.9. The molecule has 0 spiro atoms. The molecule has 7 nitrogen and oxygen atoms in total. The molecule has 30 heavy (non-hydrogen) atoms. The van der Waals surface area contributed by atoms with Crippen molar-refractivity contribution in [2.75, 3.05) is 29.0 Å². The number of sulfonamides is 1. The molecule has 0 aliphatic rings. The minimum Gasteiger partial charge on any atom is -0.462 e. The number of rotatable bonds is 7. The molecular formula is C19H19F3N2O5S. The van der Waals surface area contributed by atoms with E-state index in [1.54, 1.807) is 19.1 Å². The molecule has 11 heteroatoms.